The number of phenols is 1. The number of ether oxygens (including phenoxy) is 1. The number of carbonyl (C=O) groups excluding carboxylic acids is 1. The zero-order chi connectivity index (χ0) is 20.1. The number of nitrogens with zero attached hydrogens (tertiary/aromatic N) is 1. The lowest BCUT2D eigenvalue weighted by Crippen LogP contribution is -2.19. The van der Waals surface area contributed by atoms with Gasteiger partial charge < -0.3 is 20.3 Å². The van der Waals surface area contributed by atoms with Crippen molar-refractivity contribution < 1.29 is 24.5 Å². The monoisotopic (exact) mass is 398 g/mol. The molecule has 0 bridgehead atoms. The maximum absolute atomic E-state index is 12.3. The number of hydrogen-bond acceptors (Lipinski definition) is 6. The van der Waals surface area contributed by atoms with Crippen LogP contribution in [0.3, 0.4) is 0 Å². The summed E-state index contributed by atoms with van der Waals surface area (Å²) in [7, 11) is 0. The van der Waals surface area contributed by atoms with Crippen molar-refractivity contribution in [2.45, 2.75) is 13.3 Å². The van der Waals surface area contributed by atoms with Crippen LogP contribution in [0.2, 0.25) is 0 Å². The number of rotatable bonds is 6. The number of hydrogen-bond donors (Lipinski definition) is 3. The van der Waals surface area contributed by atoms with Crippen LogP contribution in [0, 0.1) is 6.92 Å². The summed E-state index contributed by atoms with van der Waals surface area (Å²) in [6.07, 6.45) is 1.55. The quantitative estimate of drug-likeness (QED) is 0.643. The molecule has 2 aromatic carbocycles. The summed E-state index contributed by atoms with van der Waals surface area (Å²) < 4.78 is 5.52. The highest BCUT2D eigenvalue weighted by Gasteiger charge is 2.24. The molecule has 0 aromatic heterocycles. The Morgan fingerprint density at radius 3 is 2.86 bits per heavy atom. The highest BCUT2D eigenvalue weighted by Crippen LogP contribution is 2.33. The number of aliphatic carboxylic acids is 1. The van der Waals surface area contributed by atoms with E-state index in [0.717, 1.165) is 17.3 Å². The first-order valence-electron chi connectivity index (χ1n) is 8.45. The Kier molecular flexibility index (Phi) is 6.00. The smallest absolute Gasteiger partial charge is 0.306 e. The lowest BCUT2D eigenvalue weighted by atomic mass is 10.2. The van der Waals surface area contributed by atoms with Gasteiger partial charge in [-0.3, -0.25) is 9.59 Å². The van der Waals surface area contributed by atoms with E-state index in [1.807, 2.05) is 6.92 Å². The largest absolute Gasteiger partial charge is 0.506 e. The van der Waals surface area contributed by atoms with Gasteiger partial charge in [-0.1, -0.05) is 24.3 Å². The topological polar surface area (TPSA) is 108 Å². The van der Waals surface area contributed by atoms with Gasteiger partial charge in [-0.05, 0) is 48.5 Å². The molecule has 1 aliphatic rings. The van der Waals surface area contributed by atoms with Crippen LogP contribution in [-0.2, 0) is 9.59 Å². The van der Waals surface area contributed by atoms with Crippen LogP contribution in [0.4, 0.5) is 5.69 Å². The number of aryl methyl sites for hydroxylation is 1. The summed E-state index contributed by atoms with van der Waals surface area (Å²) in [4.78, 5) is 27.7. The van der Waals surface area contributed by atoms with Gasteiger partial charge in [0, 0.05) is 5.56 Å². The molecule has 3 N–H and O–H groups in total. The third-order valence-corrected chi connectivity index (χ3v) is 4.69. The van der Waals surface area contributed by atoms with Gasteiger partial charge in [-0.15, -0.1) is 0 Å². The fraction of sp³-hybridized carbons (Fsp3) is 0.150. The van der Waals surface area contributed by atoms with Crippen LogP contribution in [-0.4, -0.2) is 33.9 Å². The zero-order valence-electron chi connectivity index (χ0n) is 15.0. The van der Waals surface area contributed by atoms with Crippen LogP contribution in [0.25, 0.3) is 6.08 Å². The first-order valence-corrected chi connectivity index (χ1v) is 9.27. The van der Waals surface area contributed by atoms with Crippen LogP contribution >= 0.6 is 11.8 Å². The van der Waals surface area contributed by atoms with Crippen molar-refractivity contribution >= 4 is 40.6 Å². The molecule has 8 heteroatoms. The van der Waals surface area contributed by atoms with Gasteiger partial charge in [0.2, 0.25) is 0 Å². The Bertz CT molecular complexity index is 984. The normalized spacial score (nSPS) is 16.4. The zero-order valence-corrected chi connectivity index (χ0v) is 15.8. The molecule has 0 unspecified atom stereocenters. The molecule has 1 amide bonds. The maximum atomic E-state index is 12.3. The first kappa shape index (κ1) is 19.5. The first-order chi connectivity index (χ1) is 13.4. The van der Waals surface area contributed by atoms with Gasteiger partial charge in [-0.2, -0.15) is 0 Å². The minimum Gasteiger partial charge on any atom is -0.506 e. The number of nitrogens with one attached hydrogen (secondary N) is 1. The number of aromatic hydroxyl groups is 1. The fourth-order valence-electron chi connectivity index (χ4n) is 2.43. The predicted molar refractivity (Wildman–Crippen MR) is 108 cm³/mol. The average Bonchev–Trinajstić information content (AvgIpc) is 2.98. The van der Waals surface area contributed by atoms with Crippen LogP contribution in [0.15, 0.2) is 52.4 Å². The molecule has 0 atom stereocenters. The Hall–Kier alpha value is -3.26. The van der Waals surface area contributed by atoms with Crippen molar-refractivity contribution in [2.75, 3.05) is 6.61 Å². The summed E-state index contributed by atoms with van der Waals surface area (Å²) in [5, 5.41) is 21.7. The molecule has 0 radical (unpaired) electrons. The predicted octanol–water partition coefficient (Wildman–Crippen LogP) is 3.45. The summed E-state index contributed by atoms with van der Waals surface area (Å²) in [6, 6.07) is 12.1. The van der Waals surface area contributed by atoms with E-state index in [9.17, 15) is 14.7 Å². The minimum absolute atomic E-state index is 0.0301. The molecule has 28 heavy (non-hydrogen) atoms. The highest BCUT2D eigenvalue weighted by atomic mass is 32.2. The van der Waals surface area contributed by atoms with Crippen molar-refractivity contribution in [2.24, 2.45) is 4.99 Å². The van der Waals surface area contributed by atoms with Crippen LogP contribution in [0.1, 0.15) is 17.5 Å². The van der Waals surface area contributed by atoms with Gasteiger partial charge in [0.15, 0.2) is 5.17 Å². The van der Waals surface area contributed by atoms with E-state index in [1.165, 1.54) is 0 Å². The number of thioether (sulfide) groups is 1. The number of carboxylic acid groups (broad SMARTS) is 1. The van der Waals surface area contributed by atoms with E-state index >= 15 is 0 Å². The molecule has 0 aliphatic carbocycles. The second kappa shape index (κ2) is 8.62. The third kappa shape index (κ3) is 4.92. The number of phenolic OH excluding ortho intramolecular Hbond substituents is 1. The summed E-state index contributed by atoms with van der Waals surface area (Å²) in [5.41, 5.74) is 1.97. The van der Waals surface area contributed by atoms with Crippen LogP contribution in [0.5, 0.6) is 11.5 Å². The summed E-state index contributed by atoms with van der Waals surface area (Å²) >= 11 is 1.15. The number of carbonyl (C=O) groups is 2. The summed E-state index contributed by atoms with van der Waals surface area (Å²) in [5.74, 6) is -0.730. The summed E-state index contributed by atoms with van der Waals surface area (Å²) in [6.45, 7) is 1.92. The van der Waals surface area contributed by atoms with Crippen molar-refractivity contribution in [1.29, 1.82) is 0 Å². The number of aliphatic imine (C=N–C) groups is 1. The Labute approximate surface area is 165 Å². The van der Waals surface area contributed by atoms with Gasteiger partial charge in [0.25, 0.3) is 5.91 Å². The lowest BCUT2D eigenvalue weighted by Gasteiger charge is -2.08. The Morgan fingerprint density at radius 2 is 2.07 bits per heavy atom. The molecular formula is C20H18N2O5S. The molecule has 144 valence electrons. The number of para-hydroxylation sites is 1. The Morgan fingerprint density at radius 1 is 1.29 bits per heavy atom. The fourth-order valence-corrected chi connectivity index (χ4v) is 3.26. The molecule has 0 spiro atoms. The van der Waals surface area contributed by atoms with E-state index in [1.54, 1.807) is 48.5 Å². The van der Waals surface area contributed by atoms with Gasteiger partial charge >= 0.3 is 5.97 Å². The average molecular weight is 398 g/mol. The molecule has 1 heterocycles. The minimum atomic E-state index is -0.943. The second-order valence-corrected chi connectivity index (χ2v) is 7.03. The SMILES string of the molecule is Cc1ccc(O)c(N=C2NC(=O)/C(=C\c3ccccc3OCCC(=O)O)S2)c1. The number of carboxylic acids is 1. The van der Waals surface area contributed by atoms with Crippen molar-refractivity contribution in [3.8, 4) is 11.5 Å². The van der Waals surface area contributed by atoms with Gasteiger partial charge in [0.1, 0.15) is 17.2 Å². The van der Waals surface area contributed by atoms with E-state index in [4.69, 9.17) is 9.84 Å². The number of amidine groups is 1. The number of amides is 1. The second-order valence-electron chi connectivity index (χ2n) is 6.00. The van der Waals surface area contributed by atoms with E-state index < -0.39 is 5.97 Å². The molecule has 0 saturated carbocycles. The molecule has 3 rings (SSSR count). The molecule has 7 nitrogen and oxygen atoms in total. The van der Waals surface area contributed by atoms with Crippen molar-refractivity contribution in [1.82, 2.24) is 5.32 Å². The van der Waals surface area contributed by atoms with Gasteiger partial charge in [0.05, 0.1) is 17.9 Å². The maximum Gasteiger partial charge on any atom is 0.306 e. The molecule has 1 saturated heterocycles. The van der Waals surface area contributed by atoms with E-state index in [2.05, 4.69) is 10.3 Å². The van der Waals surface area contributed by atoms with Gasteiger partial charge in [-0.25, -0.2) is 4.99 Å². The van der Waals surface area contributed by atoms with Crippen molar-refractivity contribution in [3.05, 3.63) is 58.5 Å². The van der Waals surface area contributed by atoms with Crippen molar-refractivity contribution in [3.63, 3.8) is 0 Å². The van der Waals surface area contributed by atoms with E-state index in [0.29, 0.717) is 27.1 Å². The van der Waals surface area contributed by atoms with E-state index in [-0.39, 0.29) is 24.7 Å². The molecule has 2 aromatic rings. The highest BCUT2D eigenvalue weighted by molar-refractivity contribution is 8.18. The Balaban J connectivity index is 1.80. The number of benzene rings is 2. The molecular weight excluding hydrogens is 380 g/mol. The lowest BCUT2D eigenvalue weighted by molar-refractivity contribution is -0.137. The standard InChI is InChI=1S/C20H18N2O5S/c1-12-6-7-15(23)14(10-12)21-20-22-19(26)17(28-20)11-13-4-2-3-5-16(13)27-9-8-18(24)25/h2-7,10-11,23H,8-9H2,1H3,(H,24,25)(H,21,22,26)/b17-11+. The molecule has 1 aliphatic heterocycles. The third-order valence-electron chi connectivity index (χ3n) is 3.78. The van der Waals surface area contributed by atoms with Crippen LogP contribution < -0.4 is 10.1 Å². The molecule has 1 fully saturated rings.